The van der Waals surface area contributed by atoms with Gasteiger partial charge in [0.25, 0.3) is 0 Å². The summed E-state index contributed by atoms with van der Waals surface area (Å²) in [5, 5.41) is 3.50. The Balaban J connectivity index is 1.78. The van der Waals surface area contributed by atoms with Gasteiger partial charge in [-0.25, -0.2) is 9.97 Å². The van der Waals surface area contributed by atoms with Gasteiger partial charge >= 0.3 is 0 Å². The van der Waals surface area contributed by atoms with Crippen LogP contribution in [0.25, 0.3) is 0 Å². The Hall–Kier alpha value is -2.95. The molecule has 2 aromatic heterocycles. The van der Waals surface area contributed by atoms with Crippen molar-refractivity contribution in [3.8, 4) is 0 Å². The molecule has 0 bridgehead atoms. The SMILES string of the molecule is Cc1nc(Nc2ccccc2C(C)(C)C)cc(N(C)CCc2ccncc2)n1. The highest BCUT2D eigenvalue weighted by molar-refractivity contribution is 5.64. The maximum absolute atomic E-state index is 4.62. The second kappa shape index (κ2) is 8.38. The average molecular weight is 376 g/mol. The van der Waals surface area contributed by atoms with E-state index in [1.807, 2.05) is 31.5 Å². The van der Waals surface area contributed by atoms with Crippen LogP contribution in [0.2, 0.25) is 0 Å². The van der Waals surface area contributed by atoms with E-state index in [-0.39, 0.29) is 5.41 Å². The summed E-state index contributed by atoms with van der Waals surface area (Å²) in [5.74, 6) is 2.48. The molecule has 0 aliphatic rings. The standard InChI is InChI=1S/C23H29N5/c1-17-25-21(27-20-9-7-6-8-19(20)23(2,3)4)16-22(26-17)28(5)15-12-18-10-13-24-14-11-18/h6-11,13-14,16H,12,15H2,1-5H3,(H,25,26,27). The molecule has 0 aliphatic carbocycles. The molecule has 0 amide bonds. The zero-order valence-corrected chi connectivity index (χ0v) is 17.4. The van der Waals surface area contributed by atoms with Crippen molar-refractivity contribution in [2.24, 2.45) is 0 Å². The normalized spacial score (nSPS) is 11.3. The molecule has 146 valence electrons. The maximum Gasteiger partial charge on any atom is 0.136 e. The molecule has 1 aromatic carbocycles. The molecule has 0 unspecified atom stereocenters. The molecule has 5 heteroatoms. The van der Waals surface area contributed by atoms with Gasteiger partial charge in [0, 0.05) is 37.7 Å². The summed E-state index contributed by atoms with van der Waals surface area (Å²) in [6.07, 6.45) is 4.61. The number of rotatable bonds is 6. The number of aromatic nitrogens is 3. The van der Waals surface area contributed by atoms with Gasteiger partial charge in [0.1, 0.15) is 17.5 Å². The van der Waals surface area contributed by atoms with Gasteiger partial charge in [0.2, 0.25) is 0 Å². The van der Waals surface area contributed by atoms with E-state index in [4.69, 9.17) is 0 Å². The molecular weight excluding hydrogens is 346 g/mol. The van der Waals surface area contributed by atoms with Crippen LogP contribution in [0.15, 0.2) is 54.9 Å². The van der Waals surface area contributed by atoms with Crippen molar-refractivity contribution in [3.63, 3.8) is 0 Å². The zero-order chi connectivity index (χ0) is 20.1. The van der Waals surface area contributed by atoms with E-state index in [1.54, 1.807) is 0 Å². The molecule has 0 saturated carbocycles. The largest absolute Gasteiger partial charge is 0.359 e. The Morgan fingerprint density at radius 3 is 2.43 bits per heavy atom. The van der Waals surface area contributed by atoms with Gasteiger partial charge in [-0.3, -0.25) is 4.98 Å². The van der Waals surface area contributed by atoms with Crippen molar-refractivity contribution in [2.45, 2.75) is 39.5 Å². The number of likely N-dealkylation sites (N-methyl/N-ethyl adjacent to an activating group) is 1. The molecular formula is C23H29N5. The predicted molar refractivity (Wildman–Crippen MR) is 116 cm³/mol. The lowest BCUT2D eigenvalue weighted by molar-refractivity contribution is 0.592. The molecule has 0 aliphatic heterocycles. The second-order valence-corrected chi connectivity index (χ2v) is 8.11. The summed E-state index contributed by atoms with van der Waals surface area (Å²) >= 11 is 0. The first-order valence-corrected chi connectivity index (χ1v) is 9.65. The fraction of sp³-hybridized carbons (Fsp3) is 0.348. The van der Waals surface area contributed by atoms with E-state index in [0.29, 0.717) is 0 Å². The average Bonchev–Trinajstić information content (AvgIpc) is 2.66. The number of hydrogen-bond donors (Lipinski definition) is 1. The fourth-order valence-corrected chi connectivity index (χ4v) is 3.16. The quantitative estimate of drug-likeness (QED) is 0.664. The van der Waals surface area contributed by atoms with Crippen molar-refractivity contribution in [1.29, 1.82) is 0 Å². The Morgan fingerprint density at radius 2 is 1.71 bits per heavy atom. The zero-order valence-electron chi connectivity index (χ0n) is 17.4. The molecule has 2 heterocycles. The van der Waals surface area contributed by atoms with E-state index in [9.17, 15) is 0 Å². The van der Waals surface area contributed by atoms with Gasteiger partial charge < -0.3 is 10.2 Å². The number of nitrogens with one attached hydrogen (secondary N) is 1. The summed E-state index contributed by atoms with van der Waals surface area (Å²) < 4.78 is 0. The maximum atomic E-state index is 4.62. The lowest BCUT2D eigenvalue weighted by atomic mass is 9.86. The molecule has 3 rings (SSSR count). The summed E-state index contributed by atoms with van der Waals surface area (Å²) in [7, 11) is 2.07. The van der Waals surface area contributed by atoms with Crippen LogP contribution in [0.5, 0.6) is 0 Å². The van der Waals surface area contributed by atoms with Gasteiger partial charge in [-0.05, 0) is 48.1 Å². The summed E-state index contributed by atoms with van der Waals surface area (Å²) in [5.41, 5.74) is 3.66. The van der Waals surface area contributed by atoms with Crippen LogP contribution in [-0.2, 0) is 11.8 Å². The third kappa shape index (κ3) is 5.06. The smallest absolute Gasteiger partial charge is 0.136 e. The number of pyridine rings is 1. The van der Waals surface area contributed by atoms with Crippen molar-refractivity contribution in [1.82, 2.24) is 15.0 Å². The molecule has 0 atom stereocenters. The minimum atomic E-state index is 0.0514. The Bertz CT molecular complexity index is 916. The van der Waals surface area contributed by atoms with Crippen LogP contribution in [0, 0.1) is 6.92 Å². The van der Waals surface area contributed by atoms with Crippen molar-refractivity contribution in [2.75, 3.05) is 23.8 Å². The lowest BCUT2D eigenvalue weighted by Gasteiger charge is -2.24. The van der Waals surface area contributed by atoms with Crippen LogP contribution < -0.4 is 10.2 Å². The Kier molecular flexibility index (Phi) is 5.93. The fourth-order valence-electron chi connectivity index (χ4n) is 3.16. The van der Waals surface area contributed by atoms with Crippen molar-refractivity contribution < 1.29 is 0 Å². The molecule has 0 saturated heterocycles. The van der Waals surface area contributed by atoms with Crippen LogP contribution in [0.4, 0.5) is 17.3 Å². The van der Waals surface area contributed by atoms with Gasteiger partial charge in [-0.15, -0.1) is 0 Å². The van der Waals surface area contributed by atoms with Gasteiger partial charge in [-0.2, -0.15) is 0 Å². The van der Waals surface area contributed by atoms with Crippen molar-refractivity contribution >= 4 is 17.3 Å². The minimum absolute atomic E-state index is 0.0514. The first-order valence-electron chi connectivity index (χ1n) is 9.65. The van der Waals surface area contributed by atoms with E-state index in [1.165, 1.54) is 11.1 Å². The third-order valence-electron chi connectivity index (χ3n) is 4.70. The molecule has 5 nitrogen and oxygen atoms in total. The summed E-state index contributed by atoms with van der Waals surface area (Å²) in [6, 6.07) is 14.5. The number of anilines is 3. The number of benzene rings is 1. The second-order valence-electron chi connectivity index (χ2n) is 8.11. The highest BCUT2D eigenvalue weighted by Crippen LogP contribution is 2.31. The topological polar surface area (TPSA) is 53.9 Å². The highest BCUT2D eigenvalue weighted by atomic mass is 15.2. The third-order valence-corrected chi connectivity index (χ3v) is 4.70. The highest BCUT2D eigenvalue weighted by Gasteiger charge is 2.18. The Morgan fingerprint density at radius 1 is 1.00 bits per heavy atom. The van der Waals surface area contributed by atoms with Gasteiger partial charge in [-0.1, -0.05) is 39.0 Å². The molecule has 28 heavy (non-hydrogen) atoms. The van der Waals surface area contributed by atoms with Crippen LogP contribution >= 0.6 is 0 Å². The molecule has 0 fully saturated rings. The van der Waals surface area contributed by atoms with E-state index in [0.717, 1.165) is 36.1 Å². The summed E-state index contributed by atoms with van der Waals surface area (Å²) in [6.45, 7) is 9.46. The minimum Gasteiger partial charge on any atom is -0.359 e. The van der Waals surface area contributed by atoms with E-state index in [2.05, 4.69) is 83.3 Å². The molecule has 1 N–H and O–H groups in total. The number of hydrogen-bond acceptors (Lipinski definition) is 5. The van der Waals surface area contributed by atoms with Crippen LogP contribution in [0.3, 0.4) is 0 Å². The lowest BCUT2D eigenvalue weighted by Crippen LogP contribution is -2.22. The van der Waals surface area contributed by atoms with Gasteiger partial charge in [0.05, 0.1) is 0 Å². The molecule has 3 aromatic rings. The summed E-state index contributed by atoms with van der Waals surface area (Å²) in [4.78, 5) is 15.5. The number of nitrogens with zero attached hydrogens (tertiary/aromatic N) is 4. The first-order chi connectivity index (χ1) is 13.3. The van der Waals surface area contributed by atoms with Crippen LogP contribution in [0.1, 0.15) is 37.7 Å². The van der Waals surface area contributed by atoms with E-state index < -0.39 is 0 Å². The predicted octanol–water partition coefficient (Wildman–Crippen LogP) is 4.90. The molecule has 0 spiro atoms. The van der Waals surface area contributed by atoms with Crippen molar-refractivity contribution in [3.05, 3.63) is 71.8 Å². The monoisotopic (exact) mass is 375 g/mol. The van der Waals surface area contributed by atoms with E-state index >= 15 is 0 Å². The number of para-hydroxylation sites is 1. The first kappa shape index (κ1) is 19.8. The van der Waals surface area contributed by atoms with Gasteiger partial charge in [0.15, 0.2) is 0 Å². The number of aryl methyl sites for hydroxylation is 1. The Labute approximate surface area is 167 Å². The molecule has 0 radical (unpaired) electrons. The van der Waals surface area contributed by atoms with Crippen LogP contribution in [-0.4, -0.2) is 28.5 Å².